The van der Waals surface area contributed by atoms with Crippen molar-refractivity contribution >= 4 is 23.0 Å². The summed E-state index contributed by atoms with van der Waals surface area (Å²) in [6.45, 7) is 0. The Hall–Kier alpha value is -3.03. The molecule has 0 fully saturated rings. The number of carbonyl (C=O) groups is 1. The van der Waals surface area contributed by atoms with Crippen molar-refractivity contribution in [3.8, 4) is 0 Å². The average molecular weight is 276 g/mol. The van der Waals surface area contributed by atoms with Gasteiger partial charge >= 0.3 is 0 Å². The van der Waals surface area contributed by atoms with Crippen molar-refractivity contribution in [1.82, 2.24) is 4.98 Å². The van der Waals surface area contributed by atoms with Crippen molar-refractivity contribution in [2.45, 2.75) is 0 Å². The number of nitrogens with one attached hydrogen (secondary N) is 1. The number of nitrogen functional groups attached to an aromatic ring is 1. The maximum absolute atomic E-state index is 13.4. The van der Waals surface area contributed by atoms with Gasteiger partial charge in [0.1, 0.15) is 0 Å². The molecule has 0 saturated carbocycles. The van der Waals surface area contributed by atoms with E-state index in [4.69, 9.17) is 5.73 Å². The summed E-state index contributed by atoms with van der Waals surface area (Å²) in [7, 11) is 0. The fourth-order valence-corrected chi connectivity index (χ4v) is 1.52. The van der Waals surface area contributed by atoms with E-state index in [1.165, 1.54) is 24.4 Å². The summed E-state index contributed by atoms with van der Waals surface area (Å²) in [5.74, 6) is -1.46. The van der Waals surface area contributed by atoms with E-state index in [1.807, 2.05) is 0 Å². The minimum Gasteiger partial charge on any atom is -0.398 e. The zero-order valence-electron chi connectivity index (χ0n) is 10.0. The molecule has 102 valence electrons. The van der Waals surface area contributed by atoms with Gasteiger partial charge < -0.3 is 11.1 Å². The van der Waals surface area contributed by atoms with Crippen LogP contribution in [0, 0.1) is 15.9 Å². The fourth-order valence-electron chi connectivity index (χ4n) is 1.52. The highest BCUT2D eigenvalue weighted by atomic mass is 19.1. The predicted octanol–water partition coefficient (Wildman–Crippen LogP) is 1.96. The summed E-state index contributed by atoms with van der Waals surface area (Å²) in [5.41, 5.74) is 5.18. The number of benzene rings is 1. The molecule has 7 nitrogen and oxygen atoms in total. The van der Waals surface area contributed by atoms with Crippen LogP contribution < -0.4 is 11.1 Å². The quantitative estimate of drug-likeness (QED) is 0.505. The Labute approximate surface area is 112 Å². The molecule has 1 aromatic heterocycles. The molecule has 0 aliphatic rings. The Morgan fingerprint density at radius 3 is 2.80 bits per heavy atom. The highest BCUT2D eigenvalue weighted by Crippen LogP contribution is 2.21. The third kappa shape index (κ3) is 2.69. The number of anilines is 2. The van der Waals surface area contributed by atoms with Crippen molar-refractivity contribution in [3.63, 3.8) is 0 Å². The molecular weight excluding hydrogens is 267 g/mol. The van der Waals surface area contributed by atoms with Gasteiger partial charge in [-0.2, -0.15) is 0 Å². The highest BCUT2D eigenvalue weighted by molar-refractivity contribution is 6.08. The number of halogens is 1. The van der Waals surface area contributed by atoms with E-state index >= 15 is 0 Å². The Kier molecular flexibility index (Phi) is 3.56. The first-order valence-electron chi connectivity index (χ1n) is 5.44. The van der Waals surface area contributed by atoms with E-state index in [1.54, 1.807) is 0 Å². The fraction of sp³-hybridized carbons (Fsp3) is 0. The maximum atomic E-state index is 13.4. The largest absolute Gasteiger partial charge is 0.398 e. The number of amides is 1. The van der Waals surface area contributed by atoms with Crippen LogP contribution in [0.25, 0.3) is 0 Å². The van der Waals surface area contributed by atoms with E-state index in [2.05, 4.69) is 10.3 Å². The number of rotatable bonds is 3. The lowest BCUT2D eigenvalue weighted by atomic mass is 10.1. The van der Waals surface area contributed by atoms with Crippen molar-refractivity contribution in [2.24, 2.45) is 0 Å². The second-order valence-electron chi connectivity index (χ2n) is 3.84. The number of nitrogens with zero attached hydrogens (tertiary/aromatic N) is 2. The van der Waals surface area contributed by atoms with Crippen LogP contribution in [0.4, 0.5) is 21.5 Å². The molecule has 0 spiro atoms. The number of nitro benzene ring substituents is 1. The molecule has 20 heavy (non-hydrogen) atoms. The summed E-state index contributed by atoms with van der Waals surface area (Å²) in [5, 5.41) is 12.9. The van der Waals surface area contributed by atoms with Gasteiger partial charge in [-0.15, -0.1) is 0 Å². The lowest BCUT2D eigenvalue weighted by Gasteiger charge is -2.07. The molecular formula is C12H9FN4O3. The molecule has 8 heteroatoms. The SMILES string of the molecule is Nc1ccc([N+](=O)[O-])cc1C(=O)Nc1ccncc1F. The molecule has 0 aliphatic heterocycles. The molecule has 3 N–H and O–H groups in total. The Bertz CT molecular complexity index is 690. The summed E-state index contributed by atoms with van der Waals surface area (Å²) < 4.78 is 13.4. The number of non-ortho nitro benzene ring substituents is 1. The van der Waals surface area contributed by atoms with Crippen molar-refractivity contribution in [2.75, 3.05) is 11.1 Å². The first kappa shape index (κ1) is 13.4. The van der Waals surface area contributed by atoms with Crippen LogP contribution >= 0.6 is 0 Å². The van der Waals surface area contributed by atoms with Crippen molar-refractivity contribution in [1.29, 1.82) is 0 Å². The Morgan fingerprint density at radius 1 is 1.40 bits per heavy atom. The average Bonchev–Trinajstić information content (AvgIpc) is 2.41. The number of carbonyl (C=O) groups excluding carboxylic acids is 1. The van der Waals surface area contributed by atoms with Gasteiger partial charge in [0.05, 0.1) is 22.4 Å². The number of hydrogen-bond donors (Lipinski definition) is 2. The number of nitrogens with two attached hydrogens (primary N) is 1. The standard InChI is InChI=1S/C12H9FN4O3/c13-9-6-15-4-3-11(9)16-12(18)8-5-7(17(19)20)1-2-10(8)14/h1-6H,14H2,(H,15,16,18). The summed E-state index contributed by atoms with van der Waals surface area (Å²) >= 11 is 0. The van der Waals surface area contributed by atoms with Crippen LogP contribution in [-0.4, -0.2) is 15.8 Å². The van der Waals surface area contributed by atoms with Gasteiger partial charge in [-0.25, -0.2) is 4.39 Å². The van der Waals surface area contributed by atoms with Crippen LogP contribution in [-0.2, 0) is 0 Å². The molecule has 2 aromatic rings. The molecule has 0 atom stereocenters. The Balaban J connectivity index is 2.32. The summed E-state index contributed by atoms with van der Waals surface area (Å²) in [6.07, 6.45) is 2.24. The minimum absolute atomic E-state index is 0.0579. The van der Waals surface area contributed by atoms with Crippen molar-refractivity contribution in [3.05, 3.63) is 58.2 Å². The Morgan fingerprint density at radius 2 is 2.15 bits per heavy atom. The second-order valence-corrected chi connectivity index (χ2v) is 3.84. The maximum Gasteiger partial charge on any atom is 0.270 e. The van der Waals surface area contributed by atoms with Crippen molar-refractivity contribution < 1.29 is 14.1 Å². The first-order chi connectivity index (χ1) is 9.49. The first-order valence-corrected chi connectivity index (χ1v) is 5.44. The predicted molar refractivity (Wildman–Crippen MR) is 69.7 cm³/mol. The van der Waals surface area contributed by atoms with Crippen LogP contribution in [0.2, 0.25) is 0 Å². The molecule has 0 radical (unpaired) electrons. The topological polar surface area (TPSA) is 111 Å². The molecule has 0 unspecified atom stereocenters. The van der Waals surface area contributed by atoms with Crippen LogP contribution in [0.5, 0.6) is 0 Å². The van der Waals surface area contributed by atoms with Crippen LogP contribution in [0.15, 0.2) is 36.7 Å². The smallest absolute Gasteiger partial charge is 0.270 e. The number of hydrogen-bond acceptors (Lipinski definition) is 5. The van der Waals surface area contributed by atoms with Crippen LogP contribution in [0.3, 0.4) is 0 Å². The van der Waals surface area contributed by atoms with E-state index in [0.29, 0.717) is 0 Å². The lowest BCUT2D eigenvalue weighted by molar-refractivity contribution is -0.384. The zero-order valence-corrected chi connectivity index (χ0v) is 10.0. The van der Waals surface area contributed by atoms with Crippen LogP contribution in [0.1, 0.15) is 10.4 Å². The van der Waals surface area contributed by atoms with E-state index in [-0.39, 0.29) is 22.6 Å². The van der Waals surface area contributed by atoms with Gasteiger partial charge in [0, 0.05) is 24.0 Å². The van der Waals surface area contributed by atoms with E-state index in [9.17, 15) is 19.3 Å². The number of pyridine rings is 1. The third-order valence-electron chi connectivity index (χ3n) is 2.51. The molecule has 0 saturated heterocycles. The summed E-state index contributed by atoms with van der Waals surface area (Å²) in [4.78, 5) is 25.5. The van der Waals surface area contributed by atoms with Gasteiger partial charge in [-0.1, -0.05) is 0 Å². The van der Waals surface area contributed by atoms with Gasteiger partial charge in [0.15, 0.2) is 5.82 Å². The molecule has 1 heterocycles. The van der Waals surface area contributed by atoms with Gasteiger partial charge in [-0.3, -0.25) is 19.9 Å². The third-order valence-corrected chi connectivity index (χ3v) is 2.51. The molecule has 0 aliphatic carbocycles. The van der Waals surface area contributed by atoms with Gasteiger partial charge in [0.25, 0.3) is 11.6 Å². The van der Waals surface area contributed by atoms with E-state index in [0.717, 1.165) is 12.3 Å². The van der Waals surface area contributed by atoms with Gasteiger partial charge in [0.2, 0.25) is 0 Å². The number of aromatic nitrogens is 1. The molecule has 1 aromatic carbocycles. The molecule has 2 rings (SSSR count). The zero-order chi connectivity index (χ0) is 14.7. The monoisotopic (exact) mass is 276 g/mol. The van der Waals surface area contributed by atoms with Gasteiger partial charge in [-0.05, 0) is 12.1 Å². The second kappa shape index (κ2) is 5.31. The summed E-state index contributed by atoms with van der Waals surface area (Å²) in [6, 6.07) is 4.72. The van der Waals surface area contributed by atoms with E-state index < -0.39 is 16.6 Å². The normalized spacial score (nSPS) is 10.1. The highest BCUT2D eigenvalue weighted by Gasteiger charge is 2.16. The number of nitro groups is 1. The lowest BCUT2D eigenvalue weighted by Crippen LogP contribution is -2.15. The minimum atomic E-state index is -0.740. The molecule has 1 amide bonds. The molecule has 0 bridgehead atoms.